The maximum absolute atomic E-state index is 11.9. The van der Waals surface area contributed by atoms with E-state index in [0.717, 1.165) is 25.7 Å². The summed E-state index contributed by atoms with van der Waals surface area (Å²) in [5.74, 6) is -0.468. The number of hydrogen-bond acceptors (Lipinski definition) is 3. The molecule has 110 valence electrons. The largest absolute Gasteiger partial charge is 0.347 e. The molecule has 7 heteroatoms. The van der Waals surface area contributed by atoms with Gasteiger partial charge in [0.1, 0.15) is 6.10 Å². The van der Waals surface area contributed by atoms with Gasteiger partial charge in [-0.1, -0.05) is 6.42 Å². The van der Waals surface area contributed by atoms with Crippen LogP contribution in [0.25, 0.3) is 0 Å². The third-order valence-electron chi connectivity index (χ3n) is 3.44. The molecule has 0 radical (unpaired) electrons. The summed E-state index contributed by atoms with van der Waals surface area (Å²) < 4.78 is 35.3. The molecule has 1 aliphatic heterocycles. The fourth-order valence-electron chi connectivity index (χ4n) is 2.51. The highest BCUT2D eigenvalue weighted by atomic mass is 19.3. The number of halogens is 2. The van der Waals surface area contributed by atoms with Gasteiger partial charge in [0.15, 0.2) is 5.79 Å². The van der Waals surface area contributed by atoms with E-state index in [-0.39, 0.29) is 12.6 Å². The number of urea groups is 1. The van der Waals surface area contributed by atoms with Crippen LogP contribution in [0.15, 0.2) is 0 Å². The number of carbonyl (C=O) groups excluding carboxylic acids is 1. The van der Waals surface area contributed by atoms with E-state index in [1.54, 1.807) is 0 Å². The molecule has 0 aromatic heterocycles. The van der Waals surface area contributed by atoms with Crippen LogP contribution in [0, 0.1) is 0 Å². The first kappa shape index (κ1) is 14.5. The number of nitrogens with one attached hydrogen (secondary N) is 2. The van der Waals surface area contributed by atoms with Crippen LogP contribution in [0.2, 0.25) is 0 Å². The Hall–Kier alpha value is -0.950. The number of ether oxygens (including phenoxy) is 2. The van der Waals surface area contributed by atoms with Gasteiger partial charge in [-0.15, -0.1) is 0 Å². The third-order valence-corrected chi connectivity index (χ3v) is 3.44. The first-order chi connectivity index (χ1) is 9.10. The standard InChI is InChI=1S/C12H20F2N2O3/c13-10(14)7-16-11(17)15-6-9-8-18-12(19-9)4-2-1-3-5-12/h9-10H,1-8H2,(H2,15,16,17). The second kappa shape index (κ2) is 6.47. The number of amides is 2. The van der Waals surface area contributed by atoms with Crippen molar-refractivity contribution in [2.45, 2.75) is 50.4 Å². The summed E-state index contributed by atoms with van der Waals surface area (Å²) in [7, 11) is 0. The maximum Gasteiger partial charge on any atom is 0.315 e. The average Bonchev–Trinajstić information content (AvgIpc) is 2.78. The van der Waals surface area contributed by atoms with Crippen LogP contribution in [0.5, 0.6) is 0 Å². The Morgan fingerprint density at radius 1 is 1.26 bits per heavy atom. The summed E-state index contributed by atoms with van der Waals surface area (Å²) >= 11 is 0. The number of carbonyl (C=O) groups is 1. The highest BCUT2D eigenvalue weighted by Gasteiger charge is 2.42. The molecule has 1 saturated heterocycles. The zero-order valence-corrected chi connectivity index (χ0v) is 10.8. The van der Waals surface area contributed by atoms with E-state index in [1.807, 2.05) is 0 Å². The molecular weight excluding hydrogens is 258 g/mol. The second-order valence-corrected chi connectivity index (χ2v) is 5.00. The van der Waals surface area contributed by atoms with Gasteiger partial charge in [-0.3, -0.25) is 0 Å². The lowest BCUT2D eigenvalue weighted by molar-refractivity contribution is -0.186. The van der Waals surface area contributed by atoms with E-state index in [2.05, 4.69) is 10.6 Å². The number of alkyl halides is 2. The minimum absolute atomic E-state index is 0.199. The topological polar surface area (TPSA) is 59.6 Å². The molecule has 19 heavy (non-hydrogen) atoms. The highest BCUT2D eigenvalue weighted by Crippen LogP contribution is 2.37. The van der Waals surface area contributed by atoms with Gasteiger partial charge in [0, 0.05) is 19.4 Å². The first-order valence-corrected chi connectivity index (χ1v) is 6.71. The molecule has 0 aromatic carbocycles. The second-order valence-electron chi connectivity index (χ2n) is 5.00. The number of rotatable bonds is 4. The molecule has 2 fully saturated rings. The molecule has 5 nitrogen and oxygen atoms in total. The SMILES string of the molecule is O=C(NCC(F)F)NCC1COC2(CCCCC2)O1. The lowest BCUT2D eigenvalue weighted by Crippen LogP contribution is -2.42. The van der Waals surface area contributed by atoms with Crippen molar-refractivity contribution in [3.8, 4) is 0 Å². The molecule has 1 unspecified atom stereocenters. The van der Waals surface area contributed by atoms with Crippen molar-refractivity contribution in [2.75, 3.05) is 19.7 Å². The molecule has 0 aromatic rings. The number of hydrogen-bond donors (Lipinski definition) is 2. The quantitative estimate of drug-likeness (QED) is 0.821. The summed E-state index contributed by atoms with van der Waals surface area (Å²) in [4.78, 5) is 11.2. The molecule has 2 rings (SSSR count). The van der Waals surface area contributed by atoms with Crippen molar-refractivity contribution in [3.05, 3.63) is 0 Å². The van der Waals surface area contributed by atoms with Gasteiger partial charge in [-0.2, -0.15) is 0 Å². The van der Waals surface area contributed by atoms with Crippen LogP contribution in [-0.2, 0) is 9.47 Å². The van der Waals surface area contributed by atoms with Gasteiger partial charge in [0.05, 0.1) is 13.2 Å². The van der Waals surface area contributed by atoms with E-state index in [1.165, 1.54) is 6.42 Å². The minimum atomic E-state index is -2.54. The fourth-order valence-corrected chi connectivity index (χ4v) is 2.51. The molecule has 2 aliphatic rings. The van der Waals surface area contributed by atoms with Crippen LogP contribution < -0.4 is 10.6 Å². The molecule has 1 spiro atoms. The molecule has 2 N–H and O–H groups in total. The normalized spacial score (nSPS) is 25.7. The summed E-state index contributed by atoms with van der Waals surface area (Å²) in [6, 6.07) is -0.603. The summed E-state index contributed by atoms with van der Waals surface area (Å²) in [6.45, 7) is 0.0732. The van der Waals surface area contributed by atoms with Gasteiger partial charge < -0.3 is 20.1 Å². The Kier molecular flexibility index (Phi) is 4.93. The van der Waals surface area contributed by atoms with Crippen molar-refractivity contribution in [1.29, 1.82) is 0 Å². The maximum atomic E-state index is 11.9. The molecule has 1 heterocycles. The van der Waals surface area contributed by atoms with E-state index < -0.39 is 24.8 Å². The van der Waals surface area contributed by atoms with Crippen LogP contribution in [-0.4, -0.2) is 44.0 Å². The monoisotopic (exact) mass is 278 g/mol. The summed E-state index contributed by atoms with van der Waals surface area (Å²) in [5.41, 5.74) is 0. The Balaban J connectivity index is 1.66. The third kappa shape index (κ3) is 4.28. The molecule has 1 atom stereocenters. The van der Waals surface area contributed by atoms with Gasteiger partial charge in [0.25, 0.3) is 6.43 Å². The van der Waals surface area contributed by atoms with E-state index in [9.17, 15) is 13.6 Å². The molecule has 0 bridgehead atoms. The zero-order chi connectivity index (χ0) is 13.7. The molecule has 1 aliphatic carbocycles. The summed E-state index contributed by atoms with van der Waals surface area (Å²) in [5, 5.41) is 4.59. The Bertz CT molecular complexity index is 309. The van der Waals surface area contributed by atoms with Crippen molar-refractivity contribution in [1.82, 2.24) is 10.6 Å². The fraction of sp³-hybridized carbons (Fsp3) is 0.917. The smallest absolute Gasteiger partial charge is 0.315 e. The highest BCUT2D eigenvalue weighted by molar-refractivity contribution is 5.73. The Morgan fingerprint density at radius 3 is 2.68 bits per heavy atom. The average molecular weight is 278 g/mol. The van der Waals surface area contributed by atoms with Crippen molar-refractivity contribution < 1.29 is 23.0 Å². The molecule has 1 saturated carbocycles. The lowest BCUT2D eigenvalue weighted by atomic mass is 9.94. The van der Waals surface area contributed by atoms with Crippen LogP contribution >= 0.6 is 0 Å². The molecule has 2 amide bonds. The zero-order valence-electron chi connectivity index (χ0n) is 10.8. The Morgan fingerprint density at radius 2 is 2.00 bits per heavy atom. The van der Waals surface area contributed by atoms with Gasteiger partial charge in [-0.25, -0.2) is 13.6 Å². The molecular formula is C12H20F2N2O3. The Labute approximate surface area is 111 Å². The lowest BCUT2D eigenvalue weighted by Gasteiger charge is -2.31. The van der Waals surface area contributed by atoms with Crippen molar-refractivity contribution in [3.63, 3.8) is 0 Å². The van der Waals surface area contributed by atoms with Gasteiger partial charge in [0.2, 0.25) is 0 Å². The minimum Gasteiger partial charge on any atom is -0.347 e. The summed E-state index contributed by atoms with van der Waals surface area (Å²) in [6.07, 6.45) is 2.43. The van der Waals surface area contributed by atoms with E-state index >= 15 is 0 Å². The predicted octanol–water partition coefficient (Wildman–Crippen LogP) is 1.63. The first-order valence-electron chi connectivity index (χ1n) is 6.71. The van der Waals surface area contributed by atoms with E-state index in [0.29, 0.717) is 6.61 Å². The van der Waals surface area contributed by atoms with E-state index in [4.69, 9.17) is 9.47 Å². The van der Waals surface area contributed by atoms with Gasteiger partial charge >= 0.3 is 6.03 Å². The van der Waals surface area contributed by atoms with Crippen molar-refractivity contribution in [2.24, 2.45) is 0 Å². The van der Waals surface area contributed by atoms with Crippen LogP contribution in [0.4, 0.5) is 13.6 Å². The van der Waals surface area contributed by atoms with Gasteiger partial charge in [-0.05, 0) is 12.8 Å². The van der Waals surface area contributed by atoms with Crippen LogP contribution in [0.3, 0.4) is 0 Å². The van der Waals surface area contributed by atoms with Crippen LogP contribution in [0.1, 0.15) is 32.1 Å². The predicted molar refractivity (Wildman–Crippen MR) is 64.0 cm³/mol. The van der Waals surface area contributed by atoms with Crippen molar-refractivity contribution >= 4 is 6.03 Å².